The summed E-state index contributed by atoms with van der Waals surface area (Å²) in [5, 5.41) is 3.49. The summed E-state index contributed by atoms with van der Waals surface area (Å²) in [6, 6.07) is 0. The molecule has 1 rings (SSSR count). The molecule has 0 aliphatic heterocycles. The molecule has 0 aromatic carbocycles. The lowest BCUT2D eigenvalue weighted by molar-refractivity contribution is 0.0149. The molecule has 0 aliphatic rings. The van der Waals surface area contributed by atoms with Gasteiger partial charge < -0.3 is 4.74 Å². The molecule has 1 heterocycles. The first-order valence-electron chi connectivity index (χ1n) is 4.00. The number of aldehydes is 1. The summed E-state index contributed by atoms with van der Waals surface area (Å²) in [6.45, 7) is 4.07. The van der Waals surface area contributed by atoms with Gasteiger partial charge in [0.15, 0.2) is 6.29 Å². The molecule has 0 fully saturated rings. The molecule has 1 aromatic rings. The lowest BCUT2D eigenvalue weighted by Gasteiger charge is -2.10. The fraction of sp³-hybridized carbons (Fsp3) is 0.500. The minimum Gasteiger partial charge on any atom is -0.357 e. The smallest absolute Gasteiger partial charge is 0.243 e. The summed E-state index contributed by atoms with van der Waals surface area (Å²) < 4.78 is 19.2. The summed E-state index contributed by atoms with van der Waals surface area (Å²) in [5.74, 6) is -0.762. The normalized spacial score (nSPS) is 12.8. The number of aromatic nitrogens is 2. The minimum absolute atomic E-state index is 0.0495. The van der Waals surface area contributed by atoms with Gasteiger partial charge in [-0.15, -0.1) is 5.10 Å². The van der Waals surface area contributed by atoms with Gasteiger partial charge in [0.05, 0.1) is 5.56 Å². The Morgan fingerprint density at radius 2 is 2.54 bits per heavy atom. The number of ether oxygens (including phenoxy) is 1. The van der Waals surface area contributed by atoms with Crippen LogP contribution in [-0.4, -0.2) is 22.7 Å². The van der Waals surface area contributed by atoms with E-state index in [0.717, 1.165) is 0 Å². The van der Waals surface area contributed by atoms with E-state index >= 15 is 0 Å². The van der Waals surface area contributed by atoms with Crippen molar-refractivity contribution in [2.45, 2.75) is 20.1 Å². The van der Waals surface area contributed by atoms with Gasteiger partial charge in [0.2, 0.25) is 5.95 Å². The van der Waals surface area contributed by atoms with Crippen LogP contribution in [0.1, 0.15) is 30.4 Å². The molecule has 72 valence electrons. The lowest BCUT2D eigenvalue weighted by atomic mass is 10.4. The third-order valence-electron chi connectivity index (χ3n) is 1.62. The molecular formula is C8H11FN2O2. The van der Waals surface area contributed by atoms with Gasteiger partial charge in [0.25, 0.3) is 0 Å². The van der Waals surface area contributed by atoms with Gasteiger partial charge >= 0.3 is 0 Å². The summed E-state index contributed by atoms with van der Waals surface area (Å²) in [7, 11) is 0. The van der Waals surface area contributed by atoms with Crippen LogP contribution in [0.25, 0.3) is 0 Å². The van der Waals surface area contributed by atoms with E-state index in [4.69, 9.17) is 4.74 Å². The fourth-order valence-electron chi connectivity index (χ4n) is 0.967. The average Bonchev–Trinajstić information content (AvgIpc) is 2.47. The largest absolute Gasteiger partial charge is 0.357 e. The van der Waals surface area contributed by atoms with E-state index in [1.165, 1.54) is 10.9 Å². The highest BCUT2D eigenvalue weighted by atomic mass is 19.1. The van der Waals surface area contributed by atoms with Crippen molar-refractivity contribution in [3.8, 4) is 0 Å². The number of rotatable bonds is 4. The Kier molecular flexibility index (Phi) is 3.13. The molecule has 13 heavy (non-hydrogen) atoms. The molecule has 0 aliphatic carbocycles. The van der Waals surface area contributed by atoms with Gasteiger partial charge in [-0.25, -0.2) is 4.68 Å². The first-order valence-corrected chi connectivity index (χ1v) is 4.00. The minimum atomic E-state index is -0.762. The topological polar surface area (TPSA) is 44.1 Å². The van der Waals surface area contributed by atoms with E-state index in [0.29, 0.717) is 12.9 Å². The van der Waals surface area contributed by atoms with Gasteiger partial charge in [-0.05, 0) is 13.8 Å². The quantitative estimate of drug-likeness (QED) is 0.667. The van der Waals surface area contributed by atoms with Gasteiger partial charge in [0.1, 0.15) is 6.23 Å². The van der Waals surface area contributed by atoms with Crippen molar-refractivity contribution in [3.05, 3.63) is 17.7 Å². The molecule has 5 heteroatoms. The maximum absolute atomic E-state index is 12.8. The molecule has 0 radical (unpaired) electrons. The van der Waals surface area contributed by atoms with E-state index in [1.807, 2.05) is 6.92 Å². The van der Waals surface area contributed by atoms with Crippen LogP contribution in [0.4, 0.5) is 4.39 Å². The van der Waals surface area contributed by atoms with E-state index in [1.54, 1.807) is 6.92 Å². The molecule has 0 amide bonds. The van der Waals surface area contributed by atoms with Crippen molar-refractivity contribution >= 4 is 6.29 Å². The monoisotopic (exact) mass is 186 g/mol. The lowest BCUT2D eigenvalue weighted by Crippen LogP contribution is -2.09. The molecule has 0 saturated carbocycles. The number of carbonyl (C=O) groups excluding carboxylic acids is 1. The van der Waals surface area contributed by atoms with E-state index in [2.05, 4.69) is 5.10 Å². The summed E-state index contributed by atoms with van der Waals surface area (Å²) >= 11 is 0. The molecule has 1 unspecified atom stereocenters. The van der Waals surface area contributed by atoms with Crippen LogP contribution in [-0.2, 0) is 4.74 Å². The van der Waals surface area contributed by atoms with E-state index in [-0.39, 0.29) is 11.8 Å². The highest BCUT2D eigenvalue weighted by Gasteiger charge is 2.11. The predicted molar refractivity (Wildman–Crippen MR) is 43.9 cm³/mol. The van der Waals surface area contributed by atoms with Crippen LogP contribution in [0.3, 0.4) is 0 Å². The number of hydrogen-bond acceptors (Lipinski definition) is 3. The second-order valence-electron chi connectivity index (χ2n) is 2.53. The van der Waals surface area contributed by atoms with Crippen LogP contribution in [0, 0.1) is 5.95 Å². The zero-order valence-corrected chi connectivity index (χ0v) is 7.53. The van der Waals surface area contributed by atoms with Gasteiger partial charge in [-0.3, -0.25) is 4.79 Å². The van der Waals surface area contributed by atoms with Crippen molar-refractivity contribution in [2.24, 2.45) is 0 Å². The molecule has 0 saturated heterocycles. The second kappa shape index (κ2) is 4.13. The van der Waals surface area contributed by atoms with Crippen LogP contribution < -0.4 is 0 Å². The number of carbonyl (C=O) groups is 1. The molecule has 0 spiro atoms. The van der Waals surface area contributed by atoms with Gasteiger partial charge in [-0.1, -0.05) is 0 Å². The Morgan fingerprint density at radius 3 is 3.00 bits per heavy atom. The van der Waals surface area contributed by atoms with Crippen molar-refractivity contribution < 1.29 is 13.9 Å². The van der Waals surface area contributed by atoms with Crippen molar-refractivity contribution in [1.82, 2.24) is 9.78 Å². The highest BCUT2D eigenvalue weighted by molar-refractivity contribution is 5.73. The van der Waals surface area contributed by atoms with Crippen LogP contribution >= 0.6 is 0 Å². The Labute approximate surface area is 75.3 Å². The standard InChI is InChI=1S/C8H11FN2O2/c1-3-13-6(2)11-4-7(5-12)8(9)10-11/h4-6H,3H2,1-2H3. The van der Waals surface area contributed by atoms with Crippen molar-refractivity contribution in [3.63, 3.8) is 0 Å². The fourth-order valence-corrected chi connectivity index (χ4v) is 0.967. The van der Waals surface area contributed by atoms with Gasteiger partial charge in [-0.2, -0.15) is 4.39 Å². The molecule has 1 aromatic heterocycles. The number of nitrogens with zero attached hydrogens (tertiary/aromatic N) is 2. The third kappa shape index (κ3) is 2.12. The first kappa shape index (κ1) is 9.85. The number of halogens is 1. The van der Waals surface area contributed by atoms with Crippen molar-refractivity contribution in [2.75, 3.05) is 6.61 Å². The Bertz CT molecular complexity index is 298. The molecule has 0 N–H and O–H groups in total. The molecule has 4 nitrogen and oxygen atoms in total. The maximum Gasteiger partial charge on any atom is 0.243 e. The SMILES string of the molecule is CCOC(C)n1cc(C=O)c(F)n1. The first-order chi connectivity index (χ1) is 6.19. The van der Waals surface area contributed by atoms with E-state index < -0.39 is 5.95 Å². The van der Waals surface area contributed by atoms with Crippen molar-refractivity contribution in [1.29, 1.82) is 0 Å². The maximum atomic E-state index is 12.8. The molecule has 1 atom stereocenters. The summed E-state index contributed by atoms with van der Waals surface area (Å²) in [6.07, 6.45) is 1.40. The van der Waals surface area contributed by atoms with E-state index in [9.17, 15) is 9.18 Å². The van der Waals surface area contributed by atoms with Gasteiger partial charge in [0, 0.05) is 12.8 Å². The van der Waals surface area contributed by atoms with Crippen LogP contribution in [0.2, 0.25) is 0 Å². The Hall–Kier alpha value is -1.23. The predicted octanol–water partition coefficient (Wildman–Crippen LogP) is 1.39. The molecule has 0 bridgehead atoms. The zero-order valence-electron chi connectivity index (χ0n) is 7.53. The second-order valence-corrected chi connectivity index (χ2v) is 2.53. The third-order valence-corrected chi connectivity index (χ3v) is 1.62. The summed E-state index contributed by atoms with van der Waals surface area (Å²) in [5.41, 5.74) is -0.0495. The Morgan fingerprint density at radius 1 is 1.85 bits per heavy atom. The van der Waals surface area contributed by atoms with Crippen LogP contribution in [0.15, 0.2) is 6.20 Å². The average molecular weight is 186 g/mol. The highest BCUT2D eigenvalue weighted by Crippen LogP contribution is 2.09. The molecular weight excluding hydrogens is 175 g/mol. The Balaban J connectivity index is 2.83. The number of hydrogen-bond donors (Lipinski definition) is 0. The summed E-state index contributed by atoms with van der Waals surface area (Å²) in [4.78, 5) is 10.3. The zero-order chi connectivity index (χ0) is 9.84. The van der Waals surface area contributed by atoms with Crippen LogP contribution in [0.5, 0.6) is 0 Å².